The molecule has 0 spiro atoms. The van der Waals surface area contributed by atoms with Crippen LogP contribution < -0.4 is 4.90 Å². The third-order valence-corrected chi connectivity index (χ3v) is 8.69. The Hall–Kier alpha value is -7.42. The number of rotatable bonds is 6. The van der Waals surface area contributed by atoms with E-state index in [1.807, 2.05) is 0 Å². The van der Waals surface area contributed by atoms with Gasteiger partial charge in [0.15, 0.2) is 0 Å². The molecule has 2 nitrogen and oxygen atoms in total. The van der Waals surface area contributed by atoms with Crippen LogP contribution in [0, 0.1) is 0 Å². The standard InChI is InChI=1S/C54H35NO/c1-3-15-36(16-4-1)40-31-41(37-17-5-2-6-18-37)33-42(32-40)49-35-50-47-30-29-43(34-53(47)56-54(50)48-26-12-11-25-46(48)49)55(51-27-13-21-38-19-7-9-23-44(38)51)52-28-14-22-39-20-8-10-24-45(39)52/h1-35H/i1D,2D,3D,4D,5D,6D,7D,8D,9D,10D,11D,12D,13D,14D,15D,16D,17D,18D,19D,20D,21D,22D,23D,24D,25D,27D,28D,29D,30D,31D,32D,33D,34D,35D. The fourth-order valence-corrected chi connectivity index (χ4v) is 6.28. The summed E-state index contributed by atoms with van der Waals surface area (Å²) in [5.41, 5.74) is -10.1. The lowest BCUT2D eigenvalue weighted by Crippen LogP contribution is -2.11. The summed E-state index contributed by atoms with van der Waals surface area (Å²) in [6.45, 7) is 0. The molecular formula is C54H35NO. The smallest absolute Gasteiger partial charge is 0.143 e. The van der Waals surface area contributed by atoms with Gasteiger partial charge in [-0.1, -0.05) is 157 Å². The number of furan rings is 1. The van der Waals surface area contributed by atoms with E-state index in [1.54, 1.807) is 0 Å². The molecule has 56 heavy (non-hydrogen) atoms. The lowest BCUT2D eigenvalue weighted by molar-refractivity contribution is 0.673. The van der Waals surface area contributed by atoms with E-state index in [-0.39, 0.29) is 0 Å². The molecule has 0 unspecified atom stereocenters. The molecule has 11 aromatic rings. The molecule has 0 aliphatic heterocycles. The Kier molecular flexibility index (Phi) is 3.01. The average molecular weight is 748 g/mol. The maximum absolute atomic E-state index is 10.2. The van der Waals surface area contributed by atoms with E-state index in [4.69, 9.17) is 34.6 Å². The summed E-state index contributed by atoms with van der Waals surface area (Å²) in [7, 11) is 0. The first-order chi connectivity index (χ1) is 41.9. The molecule has 1 aromatic heterocycles. The largest absolute Gasteiger partial charge is 0.455 e. The molecule has 0 aliphatic carbocycles. The van der Waals surface area contributed by atoms with Gasteiger partial charge in [-0.2, -0.15) is 0 Å². The highest BCUT2D eigenvalue weighted by Crippen LogP contribution is 2.46. The van der Waals surface area contributed by atoms with Crippen molar-refractivity contribution >= 4 is 71.3 Å². The first kappa shape index (κ1) is 12.8. The number of benzene rings is 10. The fourth-order valence-electron chi connectivity index (χ4n) is 6.28. The highest BCUT2D eigenvalue weighted by Gasteiger charge is 2.21. The summed E-state index contributed by atoms with van der Waals surface area (Å²) in [5.74, 6) is 0. The van der Waals surface area contributed by atoms with E-state index in [0.717, 1.165) is 6.07 Å². The Morgan fingerprint density at radius 1 is 0.357 bits per heavy atom. The second kappa shape index (κ2) is 13.2. The summed E-state index contributed by atoms with van der Waals surface area (Å²) in [5, 5.41) is -5.81. The molecule has 262 valence electrons. The third kappa shape index (κ3) is 5.34. The van der Waals surface area contributed by atoms with Crippen LogP contribution in [0.3, 0.4) is 0 Å². The first-order valence-electron chi connectivity index (χ1n) is 33.4. The zero-order chi connectivity index (χ0) is 66.6. The van der Waals surface area contributed by atoms with Gasteiger partial charge < -0.3 is 9.32 Å². The molecule has 0 aliphatic rings. The van der Waals surface area contributed by atoms with Crippen LogP contribution in [0.4, 0.5) is 17.1 Å². The molecular weight excluding hydrogens is 679 g/mol. The summed E-state index contributed by atoms with van der Waals surface area (Å²) < 4.78 is 316. The number of hydrogen-bond acceptors (Lipinski definition) is 2. The van der Waals surface area contributed by atoms with Gasteiger partial charge in [-0.05, 0) is 97.9 Å². The van der Waals surface area contributed by atoms with Crippen LogP contribution in [0.15, 0.2) is 216 Å². The van der Waals surface area contributed by atoms with Gasteiger partial charge in [-0.25, -0.2) is 0 Å². The van der Waals surface area contributed by atoms with Gasteiger partial charge in [0.05, 0.1) is 58.0 Å². The molecule has 11 rings (SSSR count). The highest BCUT2D eigenvalue weighted by molar-refractivity contribution is 6.20. The van der Waals surface area contributed by atoms with Crippen molar-refractivity contribution in [2.75, 3.05) is 4.90 Å². The van der Waals surface area contributed by atoms with Crippen molar-refractivity contribution in [2.45, 2.75) is 0 Å². The zero-order valence-corrected chi connectivity index (χ0v) is 27.9. The minimum absolute atomic E-state index is 0.476. The van der Waals surface area contributed by atoms with Gasteiger partial charge in [0.1, 0.15) is 11.2 Å². The van der Waals surface area contributed by atoms with Gasteiger partial charge in [0.2, 0.25) is 0 Å². The summed E-state index contributed by atoms with van der Waals surface area (Å²) >= 11 is 0. The lowest BCUT2D eigenvalue weighted by atomic mass is 9.90. The molecule has 0 amide bonds. The Bertz CT molecular complexity index is 4960. The first-order valence-corrected chi connectivity index (χ1v) is 16.4. The van der Waals surface area contributed by atoms with Gasteiger partial charge in [0, 0.05) is 38.7 Å². The topological polar surface area (TPSA) is 16.4 Å². The van der Waals surface area contributed by atoms with Crippen LogP contribution in [0.1, 0.15) is 46.6 Å². The Labute approximate surface area is 372 Å². The number of anilines is 3. The molecule has 0 bridgehead atoms. The van der Waals surface area contributed by atoms with Crippen molar-refractivity contribution < 1.29 is 51.0 Å². The van der Waals surface area contributed by atoms with Crippen LogP contribution >= 0.6 is 0 Å². The maximum atomic E-state index is 10.2. The maximum Gasteiger partial charge on any atom is 0.143 e. The van der Waals surface area contributed by atoms with Crippen molar-refractivity contribution in [3.8, 4) is 33.4 Å². The lowest BCUT2D eigenvalue weighted by Gasteiger charge is -2.28. The quantitative estimate of drug-likeness (QED) is 0.168. The van der Waals surface area contributed by atoms with Crippen molar-refractivity contribution in [3.63, 3.8) is 0 Å². The predicted molar refractivity (Wildman–Crippen MR) is 237 cm³/mol. The predicted octanol–water partition coefficient (Wildman–Crippen LogP) is 15.5. The van der Waals surface area contributed by atoms with Crippen molar-refractivity contribution in [1.82, 2.24) is 0 Å². The Morgan fingerprint density at radius 2 is 0.893 bits per heavy atom. The number of hydrogen-bond donors (Lipinski definition) is 0. The second-order valence-electron chi connectivity index (χ2n) is 11.8. The highest BCUT2D eigenvalue weighted by atomic mass is 16.3. The van der Waals surface area contributed by atoms with Crippen molar-refractivity contribution in [3.05, 3.63) is 212 Å². The Morgan fingerprint density at radius 3 is 1.54 bits per heavy atom. The number of fused-ring (bicyclic) bond motifs is 7. The van der Waals surface area contributed by atoms with E-state index >= 15 is 0 Å². The Balaban J connectivity index is 1.40. The molecule has 0 fully saturated rings. The van der Waals surface area contributed by atoms with Crippen molar-refractivity contribution in [1.29, 1.82) is 0 Å². The van der Waals surface area contributed by atoms with Gasteiger partial charge >= 0.3 is 0 Å². The number of nitrogens with zero attached hydrogens (tertiary/aromatic N) is 1. The van der Waals surface area contributed by atoms with Crippen LogP contribution in [-0.2, 0) is 0 Å². The summed E-state index contributed by atoms with van der Waals surface area (Å²) in [4.78, 5) is 0.476. The van der Waals surface area contributed by atoms with Crippen LogP contribution in [0.2, 0.25) is 0 Å². The minimum Gasteiger partial charge on any atom is -0.455 e. The summed E-state index contributed by atoms with van der Waals surface area (Å²) in [6, 6.07) is -34.2. The van der Waals surface area contributed by atoms with E-state index in [1.165, 1.54) is 0 Å². The van der Waals surface area contributed by atoms with Crippen LogP contribution in [0.25, 0.3) is 87.6 Å². The average Bonchev–Trinajstić information content (AvgIpc) is 1.26. The SMILES string of the molecule is [2H]c1cc2c(c([2H])c1[2H])c(-c1c([2H])c(-c3c([2H])c([2H])c([2H])c([2H])c3[2H])c([2H])c(-c3c([2H])c([2H])c([2H])c([2H])c3[2H])c1[2H])c([2H])c1c2oc2c([2H])c(N(c3c([2H])c([2H])c([2H])c4c([2H])c([2H])c([2H])c([2H])c34)c3c([2H])c([2H])c([2H])c4c([2H])c([2H])c([2H])c([2H])c34)c([2H])c([2H])c21. The van der Waals surface area contributed by atoms with Crippen LogP contribution in [0.5, 0.6) is 0 Å². The normalized spacial score (nSPS) is 20.1. The second-order valence-corrected chi connectivity index (χ2v) is 11.8. The van der Waals surface area contributed by atoms with Gasteiger partial charge in [0.25, 0.3) is 0 Å². The molecule has 0 atom stereocenters. The van der Waals surface area contributed by atoms with Crippen molar-refractivity contribution in [2.24, 2.45) is 0 Å². The summed E-state index contributed by atoms with van der Waals surface area (Å²) in [6.07, 6.45) is 0. The van der Waals surface area contributed by atoms with E-state index < -0.39 is 310 Å². The molecule has 0 N–H and O–H groups in total. The fraction of sp³-hybridized carbons (Fsp3) is 0. The van der Waals surface area contributed by atoms with Gasteiger partial charge in [-0.3, -0.25) is 0 Å². The van der Waals surface area contributed by atoms with E-state index in [9.17, 15) is 16.4 Å². The monoisotopic (exact) mass is 747 g/mol. The molecule has 1 heterocycles. The third-order valence-electron chi connectivity index (χ3n) is 8.69. The van der Waals surface area contributed by atoms with Crippen LogP contribution in [-0.4, -0.2) is 0 Å². The van der Waals surface area contributed by atoms with E-state index in [0.29, 0.717) is 4.90 Å². The minimum atomic E-state index is -1.24. The van der Waals surface area contributed by atoms with Gasteiger partial charge in [-0.15, -0.1) is 0 Å². The molecule has 0 saturated carbocycles. The van der Waals surface area contributed by atoms with E-state index in [2.05, 4.69) is 0 Å². The molecule has 0 radical (unpaired) electrons. The molecule has 10 aromatic carbocycles. The molecule has 2 heteroatoms. The zero-order valence-electron chi connectivity index (χ0n) is 61.9. The molecule has 0 saturated heterocycles.